The molecule has 2 heterocycles. The molecule has 0 aromatic heterocycles. The summed E-state index contributed by atoms with van der Waals surface area (Å²) in [7, 11) is 6.30. The molecule has 2 aromatic carbocycles. The highest BCUT2D eigenvalue weighted by Crippen LogP contribution is 2.56. The number of carbonyl (C=O) groups excluding carboxylic acids is 1. The van der Waals surface area contributed by atoms with E-state index in [2.05, 4.69) is 0 Å². The van der Waals surface area contributed by atoms with Gasteiger partial charge in [0, 0.05) is 17.4 Å². The number of ether oxygens (including phenoxy) is 7. The number of hydrogen-bond acceptors (Lipinski definition) is 8. The molecule has 5 rings (SSSR count). The van der Waals surface area contributed by atoms with Crippen LogP contribution in [0.4, 0.5) is 0 Å². The topological polar surface area (TPSA) is 81.7 Å². The molecule has 8 nitrogen and oxygen atoms in total. The van der Waals surface area contributed by atoms with Gasteiger partial charge in [0.1, 0.15) is 0 Å². The van der Waals surface area contributed by atoms with Crippen molar-refractivity contribution < 1.29 is 38.0 Å². The third-order valence-corrected chi connectivity index (χ3v) is 6.37. The maximum absolute atomic E-state index is 12.9. The normalized spacial score (nSPS) is 23.0. The Kier molecular flexibility index (Phi) is 4.72. The van der Waals surface area contributed by atoms with Crippen LogP contribution in [0.1, 0.15) is 22.6 Å². The number of hydrogen-bond donors (Lipinski definition) is 0. The van der Waals surface area contributed by atoms with Gasteiger partial charge in [0.05, 0.1) is 41.0 Å². The standard InChI is InChI=1S/C23H24O8/c1-25-14-6-12(7-15(26-2)20(14)27-3)17-18-11(5-13-9-29-23(24)19(13)17)8-16-21(22(18)28-4)31-10-30-16/h6-8,13,17,19H,5,9-10H2,1-4H3/t13-,17-,19-/m0/s1. The molecular weight excluding hydrogens is 404 g/mol. The zero-order chi connectivity index (χ0) is 21.7. The Morgan fingerprint density at radius 1 is 0.871 bits per heavy atom. The first-order chi connectivity index (χ1) is 15.1. The molecule has 0 bridgehead atoms. The number of fused-ring (bicyclic) bond motifs is 3. The highest BCUT2D eigenvalue weighted by Gasteiger charge is 2.50. The molecule has 0 radical (unpaired) electrons. The minimum absolute atomic E-state index is 0.0502. The predicted molar refractivity (Wildman–Crippen MR) is 109 cm³/mol. The van der Waals surface area contributed by atoms with Crippen LogP contribution in [0.3, 0.4) is 0 Å². The number of esters is 1. The predicted octanol–water partition coefficient (Wildman–Crippen LogP) is 2.93. The molecule has 1 fully saturated rings. The molecule has 2 aromatic rings. The minimum Gasteiger partial charge on any atom is -0.493 e. The molecule has 2 aliphatic heterocycles. The summed E-state index contributed by atoms with van der Waals surface area (Å²) in [6, 6.07) is 5.76. The summed E-state index contributed by atoms with van der Waals surface area (Å²) in [6.45, 7) is 0.527. The molecule has 164 valence electrons. The molecule has 1 aliphatic carbocycles. The van der Waals surface area contributed by atoms with E-state index in [1.165, 1.54) is 0 Å². The molecule has 1 saturated heterocycles. The zero-order valence-electron chi connectivity index (χ0n) is 17.9. The second-order valence-electron chi connectivity index (χ2n) is 7.77. The summed E-state index contributed by atoms with van der Waals surface area (Å²) in [4.78, 5) is 12.9. The Morgan fingerprint density at radius 2 is 1.58 bits per heavy atom. The molecule has 0 spiro atoms. The lowest BCUT2D eigenvalue weighted by molar-refractivity contribution is -0.141. The number of rotatable bonds is 5. The van der Waals surface area contributed by atoms with Crippen molar-refractivity contribution in [2.75, 3.05) is 41.8 Å². The van der Waals surface area contributed by atoms with E-state index in [0.717, 1.165) is 16.7 Å². The third kappa shape index (κ3) is 2.85. The van der Waals surface area contributed by atoms with Gasteiger partial charge in [-0.2, -0.15) is 0 Å². The van der Waals surface area contributed by atoms with Crippen molar-refractivity contribution in [3.63, 3.8) is 0 Å². The molecule has 0 amide bonds. The summed E-state index contributed by atoms with van der Waals surface area (Å²) < 4.78 is 39.2. The van der Waals surface area contributed by atoms with Gasteiger partial charge in [0.25, 0.3) is 0 Å². The van der Waals surface area contributed by atoms with Gasteiger partial charge >= 0.3 is 5.97 Å². The fourth-order valence-electron chi connectivity index (χ4n) is 5.08. The third-order valence-electron chi connectivity index (χ3n) is 6.37. The number of cyclic esters (lactones) is 1. The van der Waals surface area contributed by atoms with Crippen LogP contribution in [0.25, 0.3) is 0 Å². The molecule has 3 atom stereocenters. The van der Waals surface area contributed by atoms with Crippen molar-refractivity contribution in [3.8, 4) is 34.5 Å². The maximum Gasteiger partial charge on any atom is 0.310 e. The average molecular weight is 428 g/mol. The summed E-state index contributed by atoms with van der Waals surface area (Å²) in [6.07, 6.45) is 0.694. The Hall–Kier alpha value is -3.29. The number of methoxy groups -OCH3 is 4. The summed E-state index contributed by atoms with van der Waals surface area (Å²) in [5.74, 6) is 2.48. The smallest absolute Gasteiger partial charge is 0.310 e. The van der Waals surface area contributed by atoms with E-state index in [1.807, 2.05) is 18.2 Å². The molecular formula is C23H24O8. The average Bonchev–Trinajstić information content (AvgIpc) is 3.41. The Balaban J connectivity index is 1.77. The SMILES string of the molecule is COc1cc([C@H]2c3c(cc4c(c3OC)OCO4)C[C@H]3COC(=O)[C@@H]32)cc(OC)c1OC. The van der Waals surface area contributed by atoms with Crippen molar-refractivity contribution in [1.29, 1.82) is 0 Å². The molecule has 3 aliphatic rings. The number of benzene rings is 2. The van der Waals surface area contributed by atoms with E-state index in [0.29, 0.717) is 47.5 Å². The van der Waals surface area contributed by atoms with Gasteiger partial charge in [0.15, 0.2) is 23.0 Å². The van der Waals surface area contributed by atoms with Crippen LogP contribution in [0.2, 0.25) is 0 Å². The minimum atomic E-state index is -0.357. The van der Waals surface area contributed by atoms with Gasteiger partial charge in [-0.3, -0.25) is 4.79 Å². The van der Waals surface area contributed by atoms with Gasteiger partial charge in [-0.1, -0.05) is 0 Å². The van der Waals surface area contributed by atoms with Gasteiger partial charge in [-0.05, 0) is 35.7 Å². The number of carbonyl (C=O) groups is 1. The summed E-state index contributed by atoms with van der Waals surface area (Å²) in [5, 5.41) is 0. The molecule has 0 N–H and O–H groups in total. The summed E-state index contributed by atoms with van der Waals surface area (Å²) in [5.41, 5.74) is 2.81. The molecule has 8 heteroatoms. The fraction of sp³-hybridized carbons (Fsp3) is 0.435. The molecule has 0 saturated carbocycles. The van der Waals surface area contributed by atoms with Crippen molar-refractivity contribution in [2.24, 2.45) is 11.8 Å². The van der Waals surface area contributed by atoms with Crippen LogP contribution < -0.4 is 28.4 Å². The summed E-state index contributed by atoms with van der Waals surface area (Å²) >= 11 is 0. The van der Waals surface area contributed by atoms with Crippen LogP contribution >= 0.6 is 0 Å². The van der Waals surface area contributed by atoms with E-state index >= 15 is 0 Å². The zero-order valence-corrected chi connectivity index (χ0v) is 17.9. The highest BCUT2D eigenvalue weighted by molar-refractivity contribution is 5.79. The van der Waals surface area contributed by atoms with Crippen molar-refractivity contribution in [2.45, 2.75) is 12.3 Å². The van der Waals surface area contributed by atoms with Crippen LogP contribution in [0.5, 0.6) is 34.5 Å². The van der Waals surface area contributed by atoms with Crippen LogP contribution in [0, 0.1) is 11.8 Å². The van der Waals surface area contributed by atoms with Crippen molar-refractivity contribution >= 4 is 5.97 Å². The first-order valence-electron chi connectivity index (χ1n) is 10.1. The molecule has 31 heavy (non-hydrogen) atoms. The van der Waals surface area contributed by atoms with Crippen molar-refractivity contribution in [1.82, 2.24) is 0 Å². The van der Waals surface area contributed by atoms with Gasteiger partial charge in [0.2, 0.25) is 18.3 Å². The van der Waals surface area contributed by atoms with E-state index in [9.17, 15) is 4.79 Å². The Bertz CT molecular complexity index is 1020. The second-order valence-corrected chi connectivity index (χ2v) is 7.77. The largest absolute Gasteiger partial charge is 0.493 e. The van der Waals surface area contributed by atoms with Crippen molar-refractivity contribution in [3.05, 3.63) is 34.9 Å². The Labute approximate surface area is 179 Å². The lowest BCUT2D eigenvalue weighted by Gasteiger charge is -2.35. The van der Waals surface area contributed by atoms with E-state index < -0.39 is 0 Å². The van der Waals surface area contributed by atoms with Gasteiger partial charge in [-0.15, -0.1) is 0 Å². The fourth-order valence-corrected chi connectivity index (χ4v) is 5.08. The first-order valence-corrected chi connectivity index (χ1v) is 10.1. The highest BCUT2D eigenvalue weighted by atomic mass is 16.7. The lowest BCUT2D eigenvalue weighted by atomic mass is 9.67. The van der Waals surface area contributed by atoms with Gasteiger partial charge < -0.3 is 33.2 Å². The van der Waals surface area contributed by atoms with E-state index in [1.54, 1.807) is 28.4 Å². The second kappa shape index (κ2) is 7.44. The van der Waals surface area contributed by atoms with Crippen LogP contribution in [-0.2, 0) is 16.0 Å². The van der Waals surface area contributed by atoms with Gasteiger partial charge in [-0.25, -0.2) is 0 Å². The first kappa shape index (κ1) is 19.7. The lowest BCUT2D eigenvalue weighted by Crippen LogP contribution is -2.32. The van der Waals surface area contributed by atoms with E-state index in [-0.39, 0.29) is 30.5 Å². The maximum atomic E-state index is 12.9. The quantitative estimate of drug-likeness (QED) is 0.673. The van der Waals surface area contributed by atoms with Crippen LogP contribution in [-0.4, -0.2) is 47.8 Å². The molecule has 0 unspecified atom stereocenters. The van der Waals surface area contributed by atoms with Crippen LogP contribution in [0.15, 0.2) is 18.2 Å². The Morgan fingerprint density at radius 3 is 2.23 bits per heavy atom. The monoisotopic (exact) mass is 428 g/mol. The van der Waals surface area contributed by atoms with E-state index in [4.69, 9.17) is 33.2 Å².